The lowest BCUT2D eigenvalue weighted by molar-refractivity contribution is -0.125. The molecule has 1 aromatic carbocycles. The highest BCUT2D eigenvalue weighted by atomic mass is 16.1. The maximum absolute atomic E-state index is 11.7. The first-order chi connectivity index (χ1) is 9.75. The lowest BCUT2D eigenvalue weighted by Crippen LogP contribution is -2.47. The molecule has 1 aromatic rings. The number of fused-ring (bicyclic) bond motifs is 1. The zero-order valence-corrected chi connectivity index (χ0v) is 12.5. The number of carbonyl (C=O) groups excluding carboxylic acids is 1. The van der Waals surface area contributed by atoms with Crippen molar-refractivity contribution >= 4 is 6.41 Å². The number of rotatable bonds is 1. The van der Waals surface area contributed by atoms with Crippen LogP contribution in [0.15, 0.2) is 24.3 Å². The molecule has 1 atom stereocenters. The van der Waals surface area contributed by atoms with Crippen molar-refractivity contribution in [2.45, 2.75) is 69.9 Å². The van der Waals surface area contributed by atoms with Crippen LogP contribution in [0.3, 0.4) is 0 Å². The van der Waals surface area contributed by atoms with E-state index in [1.165, 1.54) is 49.7 Å². The van der Waals surface area contributed by atoms with E-state index >= 15 is 0 Å². The molecule has 108 valence electrons. The van der Waals surface area contributed by atoms with Crippen molar-refractivity contribution in [3.63, 3.8) is 0 Å². The maximum atomic E-state index is 11.7. The van der Waals surface area contributed by atoms with Crippen LogP contribution < -0.4 is 0 Å². The smallest absolute Gasteiger partial charge is 0.210 e. The van der Waals surface area contributed by atoms with Crippen LogP contribution in [0.1, 0.15) is 68.9 Å². The van der Waals surface area contributed by atoms with Crippen LogP contribution >= 0.6 is 0 Å². The first kappa shape index (κ1) is 13.7. The highest BCUT2D eigenvalue weighted by Crippen LogP contribution is 2.43. The van der Waals surface area contributed by atoms with Gasteiger partial charge in [-0.1, -0.05) is 56.9 Å². The third kappa shape index (κ3) is 2.36. The lowest BCUT2D eigenvalue weighted by atomic mass is 9.79. The monoisotopic (exact) mass is 271 g/mol. The third-order valence-corrected chi connectivity index (χ3v) is 5.38. The summed E-state index contributed by atoms with van der Waals surface area (Å²) in [6.07, 6.45) is 9.81. The van der Waals surface area contributed by atoms with Gasteiger partial charge in [-0.05, 0) is 36.3 Å². The summed E-state index contributed by atoms with van der Waals surface area (Å²) in [6, 6.07) is 8.67. The quantitative estimate of drug-likeness (QED) is 0.699. The summed E-state index contributed by atoms with van der Waals surface area (Å²) in [5.41, 5.74) is 2.89. The lowest BCUT2D eigenvalue weighted by Gasteiger charge is -2.41. The molecule has 2 nitrogen and oxygen atoms in total. The van der Waals surface area contributed by atoms with Crippen molar-refractivity contribution in [1.29, 1.82) is 0 Å². The molecule has 0 radical (unpaired) electrons. The minimum Gasteiger partial charge on any atom is -0.335 e. The van der Waals surface area contributed by atoms with Crippen molar-refractivity contribution in [2.24, 2.45) is 0 Å². The van der Waals surface area contributed by atoms with Crippen molar-refractivity contribution in [1.82, 2.24) is 4.90 Å². The van der Waals surface area contributed by atoms with Crippen molar-refractivity contribution < 1.29 is 4.79 Å². The number of nitrogens with zero attached hydrogens (tertiary/aromatic N) is 1. The van der Waals surface area contributed by atoms with E-state index in [4.69, 9.17) is 0 Å². The van der Waals surface area contributed by atoms with E-state index in [-0.39, 0.29) is 5.54 Å². The Bertz CT molecular complexity index is 474. The largest absolute Gasteiger partial charge is 0.335 e. The van der Waals surface area contributed by atoms with Crippen LogP contribution in [-0.4, -0.2) is 16.8 Å². The molecule has 0 bridgehead atoms. The van der Waals surface area contributed by atoms with Gasteiger partial charge in [0.1, 0.15) is 0 Å². The SMILES string of the molecule is CC1CC2(CCCCCC2)N(C=O)Cc2ccccc21. The average Bonchev–Trinajstić information content (AvgIpc) is 2.76. The number of amides is 1. The first-order valence-corrected chi connectivity index (χ1v) is 8.05. The average molecular weight is 271 g/mol. The number of hydrogen-bond acceptors (Lipinski definition) is 1. The summed E-state index contributed by atoms with van der Waals surface area (Å²) in [4.78, 5) is 13.9. The maximum Gasteiger partial charge on any atom is 0.210 e. The molecular formula is C18H25NO. The van der Waals surface area contributed by atoms with E-state index in [0.717, 1.165) is 19.4 Å². The van der Waals surface area contributed by atoms with Crippen molar-refractivity contribution in [2.75, 3.05) is 0 Å². The van der Waals surface area contributed by atoms with E-state index in [0.29, 0.717) is 5.92 Å². The molecule has 0 N–H and O–H groups in total. The second kappa shape index (κ2) is 5.59. The summed E-state index contributed by atoms with van der Waals surface area (Å²) in [5.74, 6) is 0.550. The molecule has 1 aliphatic carbocycles. The molecule has 1 saturated carbocycles. The van der Waals surface area contributed by atoms with E-state index in [1.807, 2.05) is 0 Å². The van der Waals surface area contributed by atoms with Gasteiger partial charge in [0.25, 0.3) is 0 Å². The van der Waals surface area contributed by atoms with Gasteiger partial charge in [0, 0.05) is 12.1 Å². The highest BCUT2D eigenvalue weighted by molar-refractivity contribution is 5.51. The van der Waals surface area contributed by atoms with Crippen LogP contribution in [0.25, 0.3) is 0 Å². The zero-order chi connectivity index (χ0) is 14.0. The molecule has 0 saturated heterocycles. The second-order valence-corrected chi connectivity index (χ2v) is 6.68. The summed E-state index contributed by atoms with van der Waals surface area (Å²) in [7, 11) is 0. The number of benzene rings is 1. The van der Waals surface area contributed by atoms with Crippen molar-refractivity contribution in [3.05, 3.63) is 35.4 Å². The van der Waals surface area contributed by atoms with Gasteiger partial charge in [0.2, 0.25) is 6.41 Å². The number of hydrogen-bond donors (Lipinski definition) is 0. The van der Waals surface area contributed by atoms with Crippen molar-refractivity contribution in [3.8, 4) is 0 Å². The van der Waals surface area contributed by atoms with Gasteiger partial charge in [-0.3, -0.25) is 4.79 Å². The van der Waals surface area contributed by atoms with Crippen LogP contribution in [0.2, 0.25) is 0 Å². The van der Waals surface area contributed by atoms with Gasteiger partial charge in [-0.25, -0.2) is 0 Å². The Kier molecular flexibility index (Phi) is 3.82. The fourth-order valence-electron chi connectivity index (χ4n) is 4.33. The standard InChI is InChI=1S/C18H25NO/c1-15-12-18(10-6-2-3-7-11-18)19(14-20)13-16-8-4-5-9-17(15)16/h4-5,8-9,14-15H,2-3,6-7,10-13H2,1H3. The van der Waals surface area contributed by atoms with E-state index in [1.54, 1.807) is 0 Å². The van der Waals surface area contributed by atoms with Gasteiger partial charge < -0.3 is 4.90 Å². The van der Waals surface area contributed by atoms with Gasteiger partial charge in [0.15, 0.2) is 0 Å². The molecule has 1 unspecified atom stereocenters. The third-order valence-electron chi connectivity index (χ3n) is 5.38. The minimum absolute atomic E-state index is 0.108. The molecule has 20 heavy (non-hydrogen) atoms. The summed E-state index contributed by atoms with van der Waals surface area (Å²) < 4.78 is 0. The molecule has 1 heterocycles. The van der Waals surface area contributed by atoms with Crippen LogP contribution in [0.5, 0.6) is 0 Å². The molecule has 1 spiro atoms. The Morgan fingerprint density at radius 2 is 1.85 bits per heavy atom. The second-order valence-electron chi connectivity index (χ2n) is 6.68. The Labute approximate surface area is 122 Å². The minimum atomic E-state index is 0.108. The highest BCUT2D eigenvalue weighted by Gasteiger charge is 2.40. The normalized spacial score (nSPS) is 25.6. The first-order valence-electron chi connectivity index (χ1n) is 8.05. The molecule has 1 amide bonds. The molecule has 0 aromatic heterocycles. The summed E-state index contributed by atoms with van der Waals surface area (Å²) in [5, 5.41) is 0. The fraction of sp³-hybridized carbons (Fsp3) is 0.611. The number of carbonyl (C=O) groups is 1. The van der Waals surface area contributed by atoms with E-state index in [9.17, 15) is 4.79 Å². The predicted octanol–water partition coefficient (Wildman–Crippen LogP) is 4.25. The van der Waals surface area contributed by atoms with Crippen LogP contribution in [-0.2, 0) is 11.3 Å². The Balaban J connectivity index is 1.99. The van der Waals surface area contributed by atoms with Gasteiger partial charge in [-0.2, -0.15) is 0 Å². The van der Waals surface area contributed by atoms with Gasteiger partial charge in [0.05, 0.1) is 0 Å². The summed E-state index contributed by atoms with van der Waals surface area (Å²) >= 11 is 0. The Morgan fingerprint density at radius 3 is 2.55 bits per heavy atom. The molecule has 2 heteroatoms. The Hall–Kier alpha value is -1.31. The molecular weight excluding hydrogens is 246 g/mol. The molecule has 3 rings (SSSR count). The predicted molar refractivity (Wildman–Crippen MR) is 81.5 cm³/mol. The molecule has 1 aliphatic heterocycles. The molecule has 2 aliphatic rings. The van der Waals surface area contributed by atoms with Crippen LogP contribution in [0.4, 0.5) is 0 Å². The molecule has 1 fully saturated rings. The topological polar surface area (TPSA) is 20.3 Å². The van der Waals surface area contributed by atoms with E-state index in [2.05, 4.69) is 36.1 Å². The van der Waals surface area contributed by atoms with Gasteiger partial charge in [-0.15, -0.1) is 0 Å². The van der Waals surface area contributed by atoms with Crippen LogP contribution in [0, 0.1) is 0 Å². The zero-order valence-electron chi connectivity index (χ0n) is 12.5. The fourth-order valence-corrected chi connectivity index (χ4v) is 4.33. The van der Waals surface area contributed by atoms with Gasteiger partial charge >= 0.3 is 0 Å². The summed E-state index contributed by atoms with van der Waals surface area (Å²) in [6.45, 7) is 3.13. The van der Waals surface area contributed by atoms with E-state index < -0.39 is 0 Å². The Morgan fingerprint density at radius 1 is 1.15 bits per heavy atom.